The van der Waals surface area contributed by atoms with E-state index < -0.39 is 23.2 Å². The van der Waals surface area contributed by atoms with E-state index in [1.165, 1.54) is 7.05 Å². The maximum atomic E-state index is 12.6. The molecule has 1 amide bonds. The van der Waals surface area contributed by atoms with E-state index in [0.717, 1.165) is 17.7 Å². The Balaban J connectivity index is 2.72. The molecule has 0 spiro atoms. The fourth-order valence-corrected chi connectivity index (χ4v) is 2.22. The van der Waals surface area contributed by atoms with Crippen molar-refractivity contribution >= 4 is 5.91 Å². The molecule has 0 bridgehead atoms. The molecule has 4 nitrogen and oxygen atoms in total. The van der Waals surface area contributed by atoms with Crippen LogP contribution in [0.5, 0.6) is 0 Å². The number of carbonyl (C=O) groups excluding carboxylic acids is 1. The third-order valence-electron chi connectivity index (χ3n) is 3.45. The maximum Gasteiger partial charge on any atom is 0.415 e. The van der Waals surface area contributed by atoms with Crippen LogP contribution in [0.2, 0.25) is 0 Å². The summed E-state index contributed by atoms with van der Waals surface area (Å²) >= 11 is 0. The topological polar surface area (TPSA) is 66.6 Å². The van der Waals surface area contributed by atoms with Gasteiger partial charge < -0.3 is 15.7 Å². The summed E-state index contributed by atoms with van der Waals surface area (Å²) in [5.74, 6) is -1.23. The van der Waals surface area contributed by atoms with Crippen LogP contribution in [-0.2, 0) is 4.79 Å². The molecule has 7 heteroatoms. The van der Waals surface area contributed by atoms with E-state index in [4.69, 9.17) is 5.73 Å². The summed E-state index contributed by atoms with van der Waals surface area (Å²) in [7, 11) is 1.23. The predicted molar refractivity (Wildman–Crippen MR) is 59.7 cm³/mol. The number of nitrogens with zero attached hydrogens (tertiary/aromatic N) is 1. The van der Waals surface area contributed by atoms with E-state index in [2.05, 4.69) is 0 Å². The molecule has 106 valence electrons. The van der Waals surface area contributed by atoms with Gasteiger partial charge in [-0.25, -0.2) is 0 Å². The summed E-state index contributed by atoms with van der Waals surface area (Å²) in [6.45, 7) is 0.527. The summed E-state index contributed by atoms with van der Waals surface area (Å²) in [4.78, 5) is 12.6. The van der Waals surface area contributed by atoms with Crippen LogP contribution in [0.1, 0.15) is 32.6 Å². The normalized spacial score (nSPS) is 22.6. The number of nitrogens with two attached hydrogens (primary N) is 1. The number of rotatable bonds is 3. The molecule has 0 heterocycles. The molecule has 0 aromatic carbocycles. The van der Waals surface area contributed by atoms with Crippen LogP contribution in [0, 0.1) is 0 Å². The van der Waals surface area contributed by atoms with E-state index in [9.17, 15) is 23.1 Å². The van der Waals surface area contributed by atoms with Gasteiger partial charge in [-0.3, -0.25) is 4.79 Å². The zero-order valence-electron chi connectivity index (χ0n) is 10.5. The lowest BCUT2D eigenvalue weighted by atomic mass is 9.98. The van der Waals surface area contributed by atoms with Crippen LogP contribution in [0.3, 0.4) is 0 Å². The Hall–Kier alpha value is -0.820. The van der Waals surface area contributed by atoms with Crippen LogP contribution in [0.4, 0.5) is 13.2 Å². The Bertz CT molecular complexity index is 323. The van der Waals surface area contributed by atoms with Gasteiger partial charge in [0.2, 0.25) is 0 Å². The average Bonchev–Trinajstić information content (AvgIpc) is 2.61. The van der Waals surface area contributed by atoms with Gasteiger partial charge in [0.15, 0.2) is 5.54 Å². The van der Waals surface area contributed by atoms with Crippen LogP contribution < -0.4 is 5.73 Å². The highest BCUT2D eigenvalue weighted by molar-refractivity contribution is 5.86. The van der Waals surface area contributed by atoms with Gasteiger partial charge in [-0.05, 0) is 19.8 Å². The molecule has 18 heavy (non-hydrogen) atoms. The molecule has 1 unspecified atom stereocenters. The molecular weight excluding hydrogens is 249 g/mol. The third kappa shape index (κ3) is 2.95. The van der Waals surface area contributed by atoms with Gasteiger partial charge in [-0.15, -0.1) is 0 Å². The minimum absolute atomic E-state index is 0.116. The smallest absolute Gasteiger partial charge is 0.388 e. The minimum Gasteiger partial charge on any atom is -0.388 e. The lowest BCUT2D eigenvalue weighted by Gasteiger charge is -2.34. The summed E-state index contributed by atoms with van der Waals surface area (Å²) in [6.07, 6.45) is -2.18. The maximum absolute atomic E-state index is 12.6. The van der Waals surface area contributed by atoms with Gasteiger partial charge in [-0.2, -0.15) is 13.2 Å². The summed E-state index contributed by atoms with van der Waals surface area (Å²) in [6, 6.07) is 0. The van der Waals surface area contributed by atoms with Crippen molar-refractivity contribution in [2.24, 2.45) is 5.73 Å². The number of aliphatic hydroxyl groups is 1. The first-order valence-corrected chi connectivity index (χ1v) is 5.83. The summed E-state index contributed by atoms with van der Waals surface area (Å²) in [5, 5.41) is 10.1. The molecule has 1 saturated carbocycles. The largest absolute Gasteiger partial charge is 0.415 e. The second kappa shape index (κ2) is 4.70. The molecule has 0 aromatic rings. The fraction of sp³-hybridized carbons (Fsp3) is 0.909. The molecule has 3 N–H and O–H groups in total. The Morgan fingerprint density at radius 3 is 2.22 bits per heavy atom. The van der Waals surface area contributed by atoms with Crippen LogP contribution in [0.25, 0.3) is 0 Å². The zero-order chi connectivity index (χ0) is 14.2. The van der Waals surface area contributed by atoms with Crippen molar-refractivity contribution in [3.63, 3.8) is 0 Å². The Morgan fingerprint density at radius 1 is 1.39 bits per heavy atom. The number of hydrogen-bond donors (Lipinski definition) is 2. The van der Waals surface area contributed by atoms with E-state index in [1.807, 2.05) is 0 Å². The van der Waals surface area contributed by atoms with Crippen LogP contribution in [0.15, 0.2) is 0 Å². The van der Waals surface area contributed by atoms with Gasteiger partial charge in [0, 0.05) is 13.6 Å². The third-order valence-corrected chi connectivity index (χ3v) is 3.45. The van der Waals surface area contributed by atoms with E-state index in [0.29, 0.717) is 19.8 Å². The highest BCUT2D eigenvalue weighted by Crippen LogP contribution is 2.32. The number of alkyl halides is 3. The predicted octanol–water partition coefficient (Wildman–Crippen LogP) is 1.03. The highest BCUT2D eigenvalue weighted by Gasteiger charge is 2.55. The van der Waals surface area contributed by atoms with E-state index in [1.54, 1.807) is 0 Å². The Labute approximate surface area is 104 Å². The minimum atomic E-state index is -4.81. The van der Waals surface area contributed by atoms with Gasteiger partial charge in [0.25, 0.3) is 5.91 Å². The number of halogens is 3. The van der Waals surface area contributed by atoms with Gasteiger partial charge in [0.05, 0.1) is 5.60 Å². The molecule has 1 aliphatic rings. The van der Waals surface area contributed by atoms with Gasteiger partial charge in [-0.1, -0.05) is 12.8 Å². The lowest BCUT2D eigenvalue weighted by molar-refractivity contribution is -0.194. The average molecular weight is 268 g/mol. The van der Waals surface area contributed by atoms with Crippen molar-refractivity contribution in [3.8, 4) is 0 Å². The monoisotopic (exact) mass is 268 g/mol. The second-order valence-electron chi connectivity index (χ2n) is 5.29. The zero-order valence-corrected chi connectivity index (χ0v) is 10.5. The molecule has 0 aliphatic heterocycles. The first-order chi connectivity index (χ1) is 8.00. The van der Waals surface area contributed by atoms with Crippen LogP contribution >= 0.6 is 0 Å². The molecule has 0 aromatic heterocycles. The summed E-state index contributed by atoms with van der Waals surface area (Å²) < 4.78 is 37.9. The summed E-state index contributed by atoms with van der Waals surface area (Å²) in [5.41, 5.74) is 1.06. The number of carbonyl (C=O) groups is 1. The Morgan fingerprint density at radius 2 is 1.83 bits per heavy atom. The molecule has 0 saturated heterocycles. The lowest BCUT2D eigenvalue weighted by Crippen LogP contribution is -2.62. The van der Waals surface area contributed by atoms with E-state index >= 15 is 0 Å². The quantitative estimate of drug-likeness (QED) is 0.803. The van der Waals surface area contributed by atoms with Crippen LogP contribution in [-0.4, -0.2) is 46.8 Å². The molecule has 1 aliphatic carbocycles. The fourth-order valence-electron chi connectivity index (χ4n) is 2.22. The SMILES string of the molecule is CN(CC1(O)CCCC1)C(=O)C(C)(N)C(F)(F)F. The van der Waals surface area contributed by atoms with Crippen molar-refractivity contribution in [1.29, 1.82) is 0 Å². The van der Waals surface area contributed by atoms with Crippen molar-refractivity contribution in [1.82, 2.24) is 4.90 Å². The van der Waals surface area contributed by atoms with Gasteiger partial charge >= 0.3 is 6.18 Å². The molecule has 0 radical (unpaired) electrons. The van der Waals surface area contributed by atoms with Gasteiger partial charge in [0.1, 0.15) is 0 Å². The number of hydrogen-bond acceptors (Lipinski definition) is 3. The van der Waals surface area contributed by atoms with E-state index in [-0.39, 0.29) is 6.54 Å². The molecule has 1 atom stereocenters. The van der Waals surface area contributed by atoms with Crippen molar-refractivity contribution in [2.45, 2.75) is 49.9 Å². The number of likely N-dealkylation sites (N-methyl/N-ethyl adjacent to an activating group) is 1. The molecule has 1 fully saturated rings. The van der Waals surface area contributed by atoms with Crippen molar-refractivity contribution in [3.05, 3.63) is 0 Å². The first kappa shape index (κ1) is 15.2. The highest BCUT2D eigenvalue weighted by atomic mass is 19.4. The Kier molecular flexibility index (Phi) is 3.97. The molecule has 1 rings (SSSR count). The standard InChI is InChI=1S/C11H19F3N2O2/c1-9(15,11(12,13)14)8(17)16(2)7-10(18)5-3-4-6-10/h18H,3-7,15H2,1-2H3. The second-order valence-corrected chi connectivity index (χ2v) is 5.29. The first-order valence-electron chi connectivity index (χ1n) is 5.83. The molecular formula is C11H19F3N2O2. The van der Waals surface area contributed by atoms with Crippen molar-refractivity contribution < 1.29 is 23.1 Å². The van der Waals surface area contributed by atoms with Crippen molar-refractivity contribution in [2.75, 3.05) is 13.6 Å². The number of amides is 1.